The molecule has 10 nitrogen and oxygen atoms in total. The van der Waals surface area contributed by atoms with Crippen LogP contribution in [0.3, 0.4) is 0 Å². The number of aliphatic imine (C=N–C) groups is 2. The standard InChI is InChI=1S/C37H41N4O6.Sn/c1-10-22-18(3)26-15-28-20(5)24(12-13-32(42)45-7)35(40-28)25(14-33(43)46-8)36-34(37(44)47-9)21(6)29(41-36)17-31-23(11-2)19(4)27(39-31)16-30(22)38-26;/h10,15-17,20,24H,1,11-14H2,2-9H3,(H-,38,39,40,41,44);/q-1;+2/p-1. The minimum absolute atomic E-state index is 0.0654. The average molecular weight is 755 g/mol. The first kappa shape index (κ1) is 33.7. The molecule has 0 aromatic carbocycles. The number of nitrogens with zero attached hydrogens (tertiary/aromatic N) is 4. The third kappa shape index (κ3) is 5.28. The summed E-state index contributed by atoms with van der Waals surface area (Å²) in [5, 5.41) is 0. The number of hydrogen-bond donors (Lipinski definition) is 0. The van der Waals surface area contributed by atoms with E-state index < -0.39 is 33.6 Å². The Morgan fingerprint density at radius 1 is 0.958 bits per heavy atom. The van der Waals surface area contributed by atoms with E-state index in [0.29, 0.717) is 34.5 Å². The van der Waals surface area contributed by atoms with Gasteiger partial charge in [-0.2, -0.15) is 0 Å². The molecule has 1 aromatic rings. The second kappa shape index (κ2) is 13.0. The molecule has 0 amide bonds. The predicted molar refractivity (Wildman–Crippen MR) is 186 cm³/mol. The summed E-state index contributed by atoms with van der Waals surface area (Å²) in [5.74, 6) is -1.54. The molecule has 6 heterocycles. The summed E-state index contributed by atoms with van der Waals surface area (Å²) in [5.41, 5.74) is 12.9. The summed E-state index contributed by atoms with van der Waals surface area (Å²) in [6.45, 7) is 14.6. The van der Waals surface area contributed by atoms with Crippen LogP contribution in [0, 0.1) is 18.8 Å². The summed E-state index contributed by atoms with van der Waals surface area (Å²) in [6, 6.07) is 0. The predicted octanol–water partition coefficient (Wildman–Crippen LogP) is 5.57. The molecule has 248 valence electrons. The van der Waals surface area contributed by atoms with E-state index in [1.807, 2.05) is 13.0 Å². The fraction of sp³-hybridized carbons (Fsp3) is 0.378. The van der Waals surface area contributed by atoms with Gasteiger partial charge in [0.15, 0.2) is 0 Å². The van der Waals surface area contributed by atoms with Crippen LogP contribution in [0.4, 0.5) is 0 Å². The third-order valence-electron chi connectivity index (χ3n) is 10.1. The molecule has 11 heteroatoms. The summed E-state index contributed by atoms with van der Waals surface area (Å²) in [6.07, 6.45) is 9.65. The summed E-state index contributed by atoms with van der Waals surface area (Å²) < 4.78 is 20.5. The zero-order valence-corrected chi connectivity index (χ0v) is 31.6. The average Bonchev–Trinajstić information content (AvgIpc) is 3.72. The molecule has 0 aliphatic carbocycles. The van der Waals surface area contributed by atoms with E-state index in [1.165, 1.54) is 32.5 Å². The molecule has 0 saturated carbocycles. The Bertz CT molecular complexity index is 1950. The van der Waals surface area contributed by atoms with Gasteiger partial charge in [0, 0.05) is 0 Å². The first-order valence-corrected chi connectivity index (χ1v) is 18.7. The van der Waals surface area contributed by atoms with Gasteiger partial charge in [-0.05, 0) is 0 Å². The minimum atomic E-state index is -1.84. The summed E-state index contributed by atoms with van der Waals surface area (Å²) >= 11 is -1.84. The Hall–Kier alpha value is -4.19. The van der Waals surface area contributed by atoms with Crippen molar-refractivity contribution in [3.8, 4) is 0 Å². The molecule has 48 heavy (non-hydrogen) atoms. The van der Waals surface area contributed by atoms with Crippen LogP contribution in [0.25, 0.3) is 12.2 Å². The van der Waals surface area contributed by atoms with Gasteiger partial charge in [0.2, 0.25) is 0 Å². The molecule has 5 aliphatic rings. The Morgan fingerprint density at radius 2 is 1.67 bits per heavy atom. The van der Waals surface area contributed by atoms with Gasteiger partial charge in [0.25, 0.3) is 0 Å². The first-order chi connectivity index (χ1) is 23.0. The van der Waals surface area contributed by atoms with Gasteiger partial charge in [-0.15, -0.1) is 0 Å². The Morgan fingerprint density at radius 3 is 2.31 bits per heavy atom. The van der Waals surface area contributed by atoms with Crippen LogP contribution in [0.2, 0.25) is 0 Å². The van der Waals surface area contributed by atoms with Crippen LogP contribution in [-0.2, 0) is 35.0 Å². The molecule has 1 aromatic heterocycles. The molecule has 1 saturated heterocycles. The van der Waals surface area contributed by atoms with Crippen molar-refractivity contribution in [1.82, 2.24) is 5.91 Å². The normalized spacial score (nSPS) is 21.0. The van der Waals surface area contributed by atoms with Crippen molar-refractivity contribution in [3.63, 3.8) is 0 Å². The fourth-order valence-corrected chi connectivity index (χ4v) is 12.1. The number of rotatable bonds is 8. The van der Waals surface area contributed by atoms with E-state index >= 15 is 0 Å². The number of allylic oxidation sites excluding steroid dienone is 6. The number of ether oxygens (including phenoxy) is 3. The molecule has 1 fully saturated rings. The molecule has 6 rings (SSSR count). The first-order valence-electron chi connectivity index (χ1n) is 16.1. The van der Waals surface area contributed by atoms with Crippen molar-refractivity contribution in [2.45, 2.75) is 60.3 Å². The molecule has 2 atom stereocenters. The molecule has 0 spiro atoms. The molecule has 2 unspecified atom stereocenters. The van der Waals surface area contributed by atoms with Crippen LogP contribution >= 0.6 is 0 Å². The van der Waals surface area contributed by atoms with Gasteiger partial charge < -0.3 is 0 Å². The molecule has 5 aliphatic heterocycles. The number of hydrogen-bond acceptors (Lipinski definition) is 9. The van der Waals surface area contributed by atoms with E-state index in [0.717, 1.165) is 51.8 Å². The SMILES string of the molecule is C=CC1=C(C)C2=NC1=Cc1c(C)c(CC)c3[n]1[Sn][N]1C(=C2)C(C)C(CCC(=O)OC)C1=C(CC(=O)OC)C1=NC(=C3)C(C)=C1C(=O)OC. The van der Waals surface area contributed by atoms with Crippen molar-refractivity contribution < 1.29 is 28.6 Å². The van der Waals surface area contributed by atoms with Crippen molar-refractivity contribution in [1.29, 1.82) is 0 Å². The summed E-state index contributed by atoms with van der Waals surface area (Å²) in [7, 11) is 4.11. The van der Waals surface area contributed by atoms with Gasteiger partial charge in [-0.3, -0.25) is 0 Å². The zero-order chi connectivity index (χ0) is 34.6. The monoisotopic (exact) mass is 756 g/mol. The molecular formula is C37H40N4O6Sn. The topological polar surface area (TPSA) is 112 Å². The van der Waals surface area contributed by atoms with Gasteiger partial charge in [-0.1, -0.05) is 0 Å². The van der Waals surface area contributed by atoms with Crippen molar-refractivity contribution in [2.24, 2.45) is 21.8 Å². The van der Waals surface area contributed by atoms with Crippen LogP contribution in [0.15, 0.2) is 79.4 Å². The van der Waals surface area contributed by atoms with Crippen molar-refractivity contribution in [2.75, 3.05) is 21.3 Å². The van der Waals surface area contributed by atoms with Crippen LogP contribution < -0.4 is 0 Å². The number of methoxy groups -OCH3 is 3. The van der Waals surface area contributed by atoms with Crippen LogP contribution in [0.1, 0.15) is 69.5 Å². The Labute approximate surface area is 291 Å². The van der Waals surface area contributed by atoms with Crippen molar-refractivity contribution >= 4 is 63.2 Å². The number of esters is 3. The van der Waals surface area contributed by atoms with E-state index in [2.05, 4.69) is 58.4 Å². The molecule has 2 radical (unpaired) electrons. The number of carbonyl (C=O) groups is 3. The Kier molecular flexibility index (Phi) is 9.14. The van der Waals surface area contributed by atoms with E-state index in [9.17, 15) is 14.4 Å². The molecule has 0 N–H and O–H groups in total. The Balaban J connectivity index is 1.79. The number of aromatic nitrogens is 1. The second-order valence-corrected chi connectivity index (χ2v) is 15.6. The second-order valence-electron chi connectivity index (χ2n) is 12.4. The van der Waals surface area contributed by atoms with E-state index in [1.54, 1.807) is 0 Å². The fourth-order valence-electron chi connectivity index (χ4n) is 7.44. The van der Waals surface area contributed by atoms with Gasteiger partial charge in [0.1, 0.15) is 0 Å². The maximum atomic E-state index is 13.5. The van der Waals surface area contributed by atoms with Crippen molar-refractivity contribution in [3.05, 3.63) is 91.9 Å². The number of fused-ring (bicyclic) bond motifs is 2. The third-order valence-corrected chi connectivity index (χ3v) is 14.0. The van der Waals surface area contributed by atoms with Gasteiger partial charge in [-0.25, -0.2) is 0 Å². The molecular weight excluding hydrogens is 715 g/mol. The summed E-state index contributed by atoms with van der Waals surface area (Å²) in [4.78, 5) is 49.7. The van der Waals surface area contributed by atoms with Gasteiger partial charge in [0.05, 0.1) is 0 Å². The van der Waals surface area contributed by atoms with E-state index in [4.69, 9.17) is 24.2 Å². The van der Waals surface area contributed by atoms with Crippen LogP contribution in [-0.4, -0.2) is 78.3 Å². The van der Waals surface area contributed by atoms with Crippen LogP contribution in [0.5, 0.6) is 0 Å². The van der Waals surface area contributed by atoms with Gasteiger partial charge >= 0.3 is 293 Å². The van der Waals surface area contributed by atoms with E-state index in [-0.39, 0.29) is 30.6 Å². The maximum absolute atomic E-state index is 13.5. The zero-order valence-electron chi connectivity index (χ0n) is 28.7. The quantitative estimate of drug-likeness (QED) is 0.194. The number of carbonyl (C=O) groups excluding carboxylic acids is 3. The molecule has 6 bridgehead atoms.